The quantitative estimate of drug-likeness (QED) is 0.904. The fraction of sp³-hybridized carbons (Fsp3) is 0.231. The Balaban J connectivity index is 1.82. The van der Waals surface area contributed by atoms with Gasteiger partial charge in [0, 0.05) is 37.5 Å². The van der Waals surface area contributed by atoms with E-state index in [9.17, 15) is 8.42 Å². The molecule has 0 aliphatic carbocycles. The van der Waals surface area contributed by atoms with Crippen LogP contribution >= 0.6 is 0 Å². The third-order valence-electron chi connectivity index (χ3n) is 3.22. The van der Waals surface area contributed by atoms with E-state index in [0.717, 1.165) is 5.69 Å². The number of sulfonamides is 1. The summed E-state index contributed by atoms with van der Waals surface area (Å²) < 4.78 is 28.1. The van der Waals surface area contributed by atoms with E-state index in [2.05, 4.69) is 14.8 Å². The Morgan fingerprint density at radius 3 is 2.85 bits per heavy atom. The molecule has 0 saturated carbocycles. The molecule has 2 aromatic rings. The Kier molecular flexibility index (Phi) is 3.06. The molecule has 0 unspecified atom stereocenters. The first-order chi connectivity index (χ1) is 9.58. The predicted molar refractivity (Wildman–Crippen MR) is 75.1 cm³/mol. The van der Waals surface area contributed by atoms with Crippen LogP contribution in [0.15, 0.2) is 46.4 Å². The highest BCUT2D eigenvalue weighted by Gasteiger charge is 2.29. The van der Waals surface area contributed by atoms with Crippen LogP contribution in [-0.4, -0.2) is 30.6 Å². The highest BCUT2D eigenvalue weighted by Crippen LogP contribution is 2.22. The molecule has 1 aliphatic rings. The van der Waals surface area contributed by atoms with Gasteiger partial charge in [-0.25, -0.2) is 8.42 Å². The van der Waals surface area contributed by atoms with Gasteiger partial charge in [-0.15, -0.1) is 0 Å². The van der Waals surface area contributed by atoms with E-state index < -0.39 is 10.0 Å². The number of aromatic nitrogens is 2. The second kappa shape index (κ2) is 4.75. The highest BCUT2D eigenvalue weighted by molar-refractivity contribution is 7.90. The summed E-state index contributed by atoms with van der Waals surface area (Å²) in [5, 5.41) is 4.08. The Morgan fingerprint density at radius 2 is 2.10 bits per heavy atom. The predicted octanol–water partition coefficient (Wildman–Crippen LogP) is 0.701. The summed E-state index contributed by atoms with van der Waals surface area (Å²) in [6.45, 7) is 0.506. The van der Waals surface area contributed by atoms with Crippen LogP contribution in [0.4, 0.5) is 0 Å². The number of nitrogens with zero attached hydrogens (tertiary/aromatic N) is 3. The molecule has 1 aromatic heterocycles. The lowest BCUT2D eigenvalue weighted by Gasteiger charge is -2.01. The van der Waals surface area contributed by atoms with Gasteiger partial charge in [-0.3, -0.25) is 14.4 Å². The van der Waals surface area contributed by atoms with Crippen molar-refractivity contribution in [2.75, 3.05) is 6.54 Å². The minimum absolute atomic E-state index is 0.291. The standard InChI is InChI=1S/C13H14N4O2S/c1-17-10(7-9-15-17)6-8-14-13-11-4-2-3-5-12(11)20(18,19)16-13/h2-5,7,9H,6,8H2,1H3,(H,14,16). The number of nitrogens with one attached hydrogen (secondary N) is 1. The molecule has 0 spiro atoms. The Labute approximate surface area is 117 Å². The number of aryl methyl sites for hydroxylation is 1. The molecule has 6 nitrogen and oxygen atoms in total. The molecular weight excluding hydrogens is 276 g/mol. The number of hydrogen-bond donors (Lipinski definition) is 1. The second-order valence-electron chi connectivity index (χ2n) is 4.53. The lowest BCUT2D eigenvalue weighted by atomic mass is 10.2. The summed E-state index contributed by atoms with van der Waals surface area (Å²) in [7, 11) is -1.57. The fourth-order valence-electron chi connectivity index (χ4n) is 2.18. The van der Waals surface area contributed by atoms with Gasteiger partial charge in [-0.2, -0.15) is 5.10 Å². The molecule has 1 aromatic carbocycles. The summed E-state index contributed by atoms with van der Waals surface area (Å²) in [4.78, 5) is 4.65. The summed E-state index contributed by atoms with van der Waals surface area (Å²) in [6, 6.07) is 8.78. The van der Waals surface area contributed by atoms with Crippen LogP contribution in [0.1, 0.15) is 11.3 Å². The zero-order valence-corrected chi connectivity index (χ0v) is 11.8. The van der Waals surface area contributed by atoms with Gasteiger partial charge in [0.15, 0.2) is 0 Å². The molecule has 0 radical (unpaired) electrons. The lowest BCUT2D eigenvalue weighted by Crippen LogP contribution is -2.22. The zero-order chi connectivity index (χ0) is 14.2. The number of rotatable bonds is 3. The van der Waals surface area contributed by atoms with Crippen molar-refractivity contribution in [2.45, 2.75) is 11.3 Å². The smallest absolute Gasteiger partial charge is 0.263 e. The maximum Gasteiger partial charge on any atom is 0.263 e. The highest BCUT2D eigenvalue weighted by atomic mass is 32.2. The van der Waals surface area contributed by atoms with Gasteiger partial charge in [0.25, 0.3) is 10.0 Å². The molecule has 1 N–H and O–H groups in total. The minimum atomic E-state index is -3.45. The SMILES string of the molecule is Cn1nccc1CCN=C1NS(=O)(=O)c2ccccc21. The van der Waals surface area contributed by atoms with Crippen molar-refractivity contribution in [3.63, 3.8) is 0 Å². The van der Waals surface area contributed by atoms with Gasteiger partial charge in [0.05, 0.1) is 4.90 Å². The van der Waals surface area contributed by atoms with Crippen molar-refractivity contribution in [3.8, 4) is 0 Å². The molecule has 0 atom stereocenters. The van der Waals surface area contributed by atoms with Gasteiger partial charge < -0.3 is 0 Å². The summed E-state index contributed by atoms with van der Waals surface area (Å²) in [5.41, 5.74) is 1.70. The van der Waals surface area contributed by atoms with Gasteiger partial charge >= 0.3 is 0 Å². The maximum absolute atomic E-state index is 11.9. The molecule has 2 heterocycles. The number of aliphatic imine (C=N–C) groups is 1. The van der Waals surface area contributed by atoms with E-state index in [1.54, 1.807) is 35.1 Å². The van der Waals surface area contributed by atoms with Crippen molar-refractivity contribution < 1.29 is 8.42 Å². The van der Waals surface area contributed by atoms with E-state index >= 15 is 0 Å². The van der Waals surface area contributed by atoms with E-state index in [-0.39, 0.29) is 0 Å². The summed E-state index contributed by atoms with van der Waals surface area (Å²) in [5.74, 6) is 0.419. The van der Waals surface area contributed by atoms with Crippen molar-refractivity contribution in [1.82, 2.24) is 14.5 Å². The van der Waals surface area contributed by atoms with Gasteiger partial charge in [0.2, 0.25) is 0 Å². The molecule has 0 bridgehead atoms. The van der Waals surface area contributed by atoms with Gasteiger partial charge in [-0.05, 0) is 18.2 Å². The molecule has 20 heavy (non-hydrogen) atoms. The van der Waals surface area contributed by atoms with Crippen LogP contribution in [0.25, 0.3) is 0 Å². The van der Waals surface area contributed by atoms with Crippen LogP contribution in [0, 0.1) is 0 Å². The molecular formula is C13H14N4O2S. The monoisotopic (exact) mass is 290 g/mol. The van der Waals surface area contributed by atoms with E-state index in [1.165, 1.54) is 0 Å². The third-order valence-corrected chi connectivity index (χ3v) is 4.62. The van der Waals surface area contributed by atoms with Crippen LogP contribution in [0.5, 0.6) is 0 Å². The number of amidine groups is 1. The number of fused-ring (bicyclic) bond motifs is 1. The van der Waals surface area contributed by atoms with Crippen LogP contribution in [0.2, 0.25) is 0 Å². The normalized spacial score (nSPS) is 17.9. The molecule has 7 heteroatoms. The largest absolute Gasteiger partial charge is 0.273 e. The first-order valence-electron chi connectivity index (χ1n) is 6.21. The molecule has 0 fully saturated rings. The minimum Gasteiger partial charge on any atom is -0.273 e. The summed E-state index contributed by atoms with van der Waals surface area (Å²) >= 11 is 0. The maximum atomic E-state index is 11.9. The Morgan fingerprint density at radius 1 is 1.30 bits per heavy atom. The van der Waals surface area contributed by atoms with Gasteiger partial charge in [-0.1, -0.05) is 12.1 Å². The van der Waals surface area contributed by atoms with E-state index in [0.29, 0.717) is 29.3 Å². The molecule has 3 rings (SSSR count). The topological polar surface area (TPSA) is 76.3 Å². The van der Waals surface area contributed by atoms with Crippen LogP contribution < -0.4 is 4.72 Å². The molecule has 1 aliphatic heterocycles. The Bertz CT molecular complexity index is 777. The second-order valence-corrected chi connectivity index (χ2v) is 6.18. The van der Waals surface area contributed by atoms with Crippen molar-refractivity contribution in [1.29, 1.82) is 0 Å². The van der Waals surface area contributed by atoms with Crippen molar-refractivity contribution in [3.05, 3.63) is 47.8 Å². The number of hydrogen-bond acceptors (Lipinski definition) is 4. The van der Waals surface area contributed by atoms with E-state index in [1.807, 2.05) is 13.1 Å². The first kappa shape index (κ1) is 12.9. The molecule has 0 saturated heterocycles. The molecule has 0 amide bonds. The van der Waals surface area contributed by atoms with E-state index in [4.69, 9.17) is 0 Å². The molecule has 104 valence electrons. The average Bonchev–Trinajstić information content (AvgIpc) is 2.93. The van der Waals surface area contributed by atoms with Gasteiger partial charge in [0.1, 0.15) is 5.84 Å². The zero-order valence-electron chi connectivity index (χ0n) is 10.9. The summed E-state index contributed by atoms with van der Waals surface area (Å²) in [6.07, 6.45) is 2.44. The fourth-order valence-corrected chi connectivity index (χ4v) is 3.43. The van der Waals surface area contributed by atoms with Crippen LogP contribution in [-0.2, 0) is 23.5 Å². The van der Waals surface area contributed by atoms with Crippen molar-refractivity contribution in [2.24, 2.45) is 12.0 Å². The van der Waals surface area contributed by atoms with Crippen molar-refractivity contribution >= 4 is 15.9 Å². The average molecular weight is 290 g/mol. The third kappa shape index (κ3) is 2.20. The lowest BCUT2D eigenvalue weighted by molar-refractivity contribution is 0.595. The number of benzene rings is 1. The Hall–Kier alpha value is -2.15. The van der Waals surface area contributed by atoms with Crippen LogP contribution in [0.3, 0.4) is 0 Å². The first-order valence-corrected chi connectivity index (χ1v) is 7.70.